The van der Waals surface area contributed by atoms with Gasteiger partial charge < -0.3 is 9.47 Å². The van der Waals surface area contributed by atoms with Crippen molar-refractivity contribution in [2.45, 2.75) is 6.61 Å². The van der Waals surface area contributed by atoms with Crippen molar-refractivity contribution < 1.29 is 14.3 Å². The summed E-state index contributed by atoms with van der Waals surface area (Å²) in [6, 6.07) is 14.4. The topological polar surface area (TPSA) is 35.5 Å². The van der Waals surface area contributed by atoms with Crippen molar-refractivity contribution in [3.05, 3.63) is 64.7 Å². The van der Waals surface area contributed by atoms with Gasteiger partial charge in [-0.25, -0.2) is 0 Å². The number of hydrogen-bond donors (Lipinski definition) is 0. The second-order valence-corrected chi connectivity index (χ2v) is 4.71. The van der Waals surface area contributed by atoms with Crippen LogP contribution in [0.15, 0.2) is 48.5 Å². The molecule has 0 saturated heterocycles. The van der Waals surface area contributed by atoms with Gasteiger partial charge in [0.1, 0.15) is 12.4 Å². The summed E-state index contributed by atoms with van der Waals surface area (Å²) >= 11 is 5.80. The molecule has 0 radical (unpaired) electrons. The Morgan fingerprint density at radius 2 is 1.90 bits per heavy atom. The first-order valence-corrected chi connectivity index (χ1v) is 6.56. The summed E-state index contributed by atoms with van der Waals surface area (Å²) in [4.78, 5) is 12.0. The van der Waals surface area contributed by atoms with E-state index in [1.165, 1.54) is 0 Å². The van der Waals surface area contributed by atoms with Gasteiger partial charge in [0.15, 0.2) is 5.78 Å². The normalized spacial score (nSPS) is 10.3. The molecular weight excluding hydrogens is 276 g/mol. The molecule has 0 heterocycles. The van der Waals surface area contributed by atoms with Crippen LogP contribution < -0.4 is 4.74 Å². The van der Waals surface area contributed by atoms with Crippen LogP contribution in [-0.4, -0.2) is 19.5 Å². The number of benzene rings is 2. The maximum atomic E-state index is 12.0. The van der Waals surface area contributed by atoms with Crippen LogP contribution in [0, 0.1) is 0 Å². The molecular formula is C16H15ClO3. The number of methoxy groups -OCH3 is 1. The van der Waals surface area contributed by atoms with Crippen molar-refractivity contribution >= 4 is 17.4 Å². The fourth-order valence-corrected chi connectivity index (χ4v) is 1.85. The number of hydrogen-bond acceptors (Lipinski definition) is 3. The van der Waals surface area contributed by atoms with Gasteiger partial charge in [-0.2, -0.15) is 0 Å². The molecule has 0 amide bonds. The Morgan fingerprint density at radius 3 is 2.60 bits per heavy atom. The smallest absolute Gasteiger partial charge is 0.188 e. The van der Waals surface area contributed by atoms with E-state index >= 15 is 0 Å². The van der Waals surface area contributed by atoms with E-state index in [9.17, 15) is 4.79 Å². The number of carbonyl (C=O) groups excluding carboxylic acids is 1. The molecule has 20 heavy (non-hydrogen) atoms. The van der Waals surface area contributed by atoms with Gasteiger partial charge in [-0.3, -0.25) is 4.79 Å². The lowest BCUT2D eigenvalue weighted by Gasteiger charge is -2.05. The summed E-state index contributed by atoms with van der Waals surface area (Å²) in [7, 11) is 1.57. The molecule has 104 valence electrons. The second-order valence-electron chi connectivity index (χ2n) is 4.27. The van der Waals surface area contributed by atoms with E-state index in [1.807, 2.05) is 12.1 Å². The minimum atomic E-state index is -0.0714. The lowest BCUT2D eigenvalue weighted by molar-refractivity contribution is 0.0726. The quantitative estimate of drug-likeness (QED) is 0.760. The molecule has 0 aliphatic heterocycles. The molecule has 2 aromatic carbocycles. The van der Waals surface area contributed by atoms with E-state index in [4.69, 9.17) is 21.1 Å². The molecule has 4 heteroatoms. The molecule has 0 N–H and O–H groups in total. The van der Waals surface area contributed by atoms with E-state index in [0.29, 0.717) is 22.9 Å². The number of ether oxygens (including phenoxy) is 2. The average molecular weight is 291 g/mol. The van der Waals surface area contributed by atoms with Crippen molar-refractivity contribution in [3.8, 4) is 5.75 Å². The van der Waals surface area contributed by atoms with Crippen LogP contribution >= 0.6 is 11.6 Å². The van der Waals surface area contributed by atoms with Crippen LogP contribution in [0.5, 0.6) is 5.75 Å². The van der Waals surface area contributed by atoms with E-state index < -0.39 is 0 Å². The lowest BCUT2D eigenvalue weighted by atomic mass is 10.1. The summed E-state index contributed by atoms with van der Waals surface area (Å²) in [6.07, 6.45) is 0. The first-order chi connectivity index (χ1) is 9.69. The van der Waals surface area contributed by atoms with Crippen molar-refractivity contribution in [2.75, 3.05) is 13.7 Å². The SMILES string of the molecule is COc1cccc(C(=O)COCc2ccc(Cl)cc2)c1. The maximum absolute atomic E-state index is 12.0. The standard InChI is InChI=1S/C16H15ClO3/c1-19-15-4-2-3-13(9-15)16(18)11-20-10-12-5-7-14(17)8-6-12/h2-9H,10-11H2,1H3. The molecule has 0 saturated carbocycles. The van der Waals surface area contributed by atoms with Gasteiger partial charge in [-0.15, -0.1) is 0 Å². The van der Waals surface area contributed by atoms with Gasteiger partial charge in [0, 0.05) is 10.6 Å². The van der Waals surface area contributed by atoms with Crippen LogP contribution in [0.3, 0.4) is 0 Å². The molecule has 2 aromatic rings. The highest BCUT2D eigenvalue weighted by Crippen LogP contribution is 2.14. The first kappa shape index (κ1) is 14.6. The Hall–Kier alpha value is -1.84. The second kappa shape index (κ2) is 7.08. The largest absolute Gasteiger partial charge is 0.497 e. The van der Waals surface area contributed by atoms with Gasteiger partial charge >= 0.3 is 0 Å². The maximum Gasteiger partial charge on any atom is 0.188 e. The molecule has 2 rings (SSSR count). The Labute approximate surface area is 123 Å². The van der Waals surface area contributed by atoms with Crippen LogP contribution in [-0.2, 0) is 11.3 Å². The fraction of sp³-hybridized carbons (Fsp3) is 0.188. The third kappa shape index (κ3) is 4.08. The zero-order valence-electron chi connectivity index (χ0n) is 11.1. The molecule has 0 unspecified atom stereocenters. The van der Waals surface area contributed by atoms with Crippen LogP contribution in [0.4, 0.5) is 0 Å². The highest BCUT2D eigenvalue weighted by atomic mass is 35.5. The van der Waals surface area contributed by atoms with Gasteiger partial charge in [0.05, 0.1) is 13.7 Å². The molecule has 0 aliphatic carbocycles. The van der Waals surface area contributed by atoms with Crippen LogP contribution in [0.2, 0.25) is 5.02 Å². The highest BCUT2D eigenvalue weighted by Gasteiger charge is 2.07. The number of rotatable bonds is 6. The third-order valence-electron chi connectivity index (χ3n) is 2.81. The molecule has 3 nitrogen and oxygen atoms in total. The lowest BCUT2D eigenvalue weighted by Crippen LogP contribution is -2.09. The molecule has 0 aromatic heterocycles. The van der Waals surface area contributed by atoms with Gasteiger partial charge in [-0.05, 0) is 29.8 Å². The Bertz CT molecular complexity index is 579. The van der Waals surface area contributed by atoms with Crippen LogP contribution in [0.1, 0.15) is 15.9 Å². The minimum absolute atomic E-state index is 0.0375. The number of Topliss-reactive ketones (excluding diaryl/α,β-unsaturated/α-hetero) is 1. The number of carbonyl (C=O) groups is 1. The molecule has 0 aliphatic rings. The van der Waals surface area contributed by atoms with Crippen molar-refractivity contribution in [3.63, 3.8) is 0 Å². The monoisotopic (exact) mass is 290 g/mol. The Balaban J connectivity index is 1.87. The zero-order chi connectivity index (χ0) is 14.4. The summed E-state index contributed by atoms with van der Waals surface area (Å²) in [5.74, 6) is 0.589. The van der Waals surface area contributed by atoms with Crippen molar-refractivity contribution in [1.82, 2.24) is 0 Å². The Kier molecular flexibility index (Phi) is 5.16. The van der Waals surface area contributed by atoms with Crippen molar-refractivity contribution in [2.24, 2.45) is 0 Å². The number of ketones is 1. The van der Waals surface area contributed by atoms with Gasteiger partial charge in [0.2, 0.25) is 0 Å². The summed E-state index contributed by atoms with van der Waals surface area (Å²) in [5.41, 5.74) is 1.56. The third-order valence-corrected chi connectivity index (χ3v) is 3.06. The number of halogens is 1. The fourth-order valence-electron chi connectivity index (χ4n) is 1.72. The predicted molar refractivity (Wildman–Crippen MR) is 78.4 cm³/mol. The summed E-state index contributed by atoms with van der Waals surface area (Å²) in [5, 5.41) is 0.682. The zero-order valence-corrected chi connectivity index (χ0v) is 11.9. The Morgan fingerprint density at radius 1 is 1.15 bits per heavy atom. The van der Waals surface area contributed by atoms with E-state index in [-0.39, 0.29) is 12.4 Å². The van der Waals surface area contributed by atoms with E-state index in [2.05, 4.69) is 0 Å². The van der Waals surface area contributed by atoms with E-state index in [0.717, 1.165) is 5.56 Å². The molecule has 0 bridgehead atoms. The van der Waals surface area contributed by atoms with Gasteiger partial charge in [0.25, 0.3) is 0 Å². The molecule has 0 atom stereocenters. The van der Waals surface area contributed by atoms with Crippen molar-refractivity contribution in [1.29, 1.82) is 0 Å². The summed E-state index contributed by atoms with van der Waals surface area (Å²) in [6.45, 7) is 0.419. The van der Waals surface area contributed by atoms with Gasteiger partial charge in [-0.1, -0.05) is 35.9 Å². The highest BCUT2D eigenvalue weighted by molar-refractivity contribution is 6.30. The van der Waals surface area contributed by atoms with E-state index in [1.54, 1.807) is 43.5 Å². The van der Waals surface area contributed by atoms with Crippen LogP contribution in [0.25, 0.3) is 0 Å². The molecule has 0 fully saturated rings. The summed E-state index contributed by atoms with van der Waals surface area (Å²) < 4.78 is 10.5. The molecule has 0 spiro atoms. The average Bonchev–Trinajstić information content (AvgIpc) is 2.49. The first-order valence-electron chi connectivity index (χ1n) is 6.18. The predicted octanol–water partition coefficient (Wildman–Crippen LogP) is 3.75. The minimum Gasteiger partial charge on any atom is -0.497 e.